The molecule has 0 aliphatic heterocycles. The van der Waals surface area contributed by atoms with Gasteiger partial charge in [0.15, 0.2) is 0 Å². The SMILES string of the molecule is CC(CCc1ccccc1)NC(=O)c1ccc(F)c(Br)c1. The number of carbonyl (C=O) groups is 1. The third-order valence-corrected chi connectivity index (χ3v) is 3.88. The Balaban J connectivity index is 1.88. The molecule has 2 aromatic carbocycles. The van der Waals surface area contributed by atoms with Gasteiger partial charge in [-0.25, -0.2) is 4.39 Å². The fourth-order valence-corrected chi connectivity index (χ4v) is 2.42. The molecule has 2 nitrogen and oxygen atoms in total. The summed E-state index contributed by atoms with van der Waals surface area (Å²) in [4.78, 5) is 12.1. The first-order chi connectivity index (χ1) is 10.1. The van der Waals surface area contributed by atoms with Crippen molar-refractivity contribution >= 4 is 21.8 Å². The number of amides is 1. The van der Waals surface area contributed by atoms with Crippen molar-refractivity contribution in [2.24, 2.45) is 0 Å². The molecule has 1 atom stereocenters. The molecular formula is C17H17BrFNO. The zero-order chi connectivity index (χ0) is 15.2. The summed E-state index contributed by atoms with van der Waals surface area (Å²) in [5, 5.41) is 2.93. The van der Waals surface area contributed by atoms with E-state index < -0.39 is 0 Å². The second kappa shape index (κ2) is 7.36. The minimum Gasteiger partial charge on any atom is -0.350 e. The summed E-state index contributed by atoms with van der Waals surface area (Å²) in [5.41, 5.74) is 1.71. The highest BCUT2D eigenvalue weighted by Crippen LogP contribution is 2.17. The number of benzene rings is 2. The van der Waals surface area contributed by atoms with Gasteiger partial charge in [-0.1, -0.05) is 30.3 Å². The minimum atomic E-state index is -0.372. The predicted molar refractivity (Wildman–Crippen MR) is 85.8 cm³/mol. The molecule has 1 N–H and O–H groups in total. The van der Waals surface area contributed by atoms with Crippen LogP contribution >= 0.6 is 15.9 Å². The highest BCUT2D eigenvalue weighted by atomic mass is 79.9. The molecule has 0 bridgehead atoms. The monoisotopic (exact) mass is 349 g/mol. The molecule has 2 aromatic rings. The molecule has 0 saturated heterocycles. The summed E-state index contributed by atoms with van der Waals surface area (Å²) in [6.45, 7) is 1.97. The Hall–Kier alpha value is -1.68. The van der Waals surface area contributed by atoms with E-state index in [4.69, 9.17) is 0 Å². The van der Waals surface area contributed by atoms with Crippen LogP contribution in [0.15, 0.2) is 53.0 Å². The molecule has 0 aromatic heterocycles. The Bertz CT molecular complexity index is 615. The molecule has 1 amide bonds. The van der Waals surface area contributed by atoms with Crippen LogP contribution in [0, 0.1) is 5.82 Å². The Morgan fingerprint density at radius 3 is 2.62 bits per heavy atom. The smallest absolute Gasteiger partial charge is 0.251 e. The van der Waals surface area contributed by atoms with Crippen molar-refractivity contribution in [1.29, 1.82) is 0 Å². The number of rotatable bonds is 5. The van der Waals surface area contributed by atoms with E-state index in [1.807, 2.05) is 25.1 Å². The first-order valence-corrected chi connectivity index (χ1v) is 7.65. The number of hydrogen-bond acceptors (Lipinski definition) is 1. The average molecular weight is 350 g/mol. The predicted octanol–water partition coefficient (Wildman–Crippen LogP) is 4.34. The molecule has 4 heteroatoms. The number of halogens is 2. The summed E-state index contributed by atoms with van der Waals surface area (Å²) in [6.07, 6.45) is 1.77. The molecule has 0 radical (unpaired) electrons. The van der Waals surface area contributed by atoms with Crippen LogP contribution in [0.3, 0.4) is 0 Å². The van der Waals surface area contributed by atoms with E-state index in [0.29, 0.717) is 10.0 Å². The maximum Gasteiger partial charge on any atom is 0.251 e. The van der Waals surface area contributed by atoms with E-state index in [9.17, 15) is 9.18 Å². The lowest BCUT2D eigenvalue weighted by Crippen LogP contribution is -2.32. The van der Waals surface area contributed by atoms with Gasteiger partial charge in [-0.15, -0.1) is 0 Å². The molecule has 110 valence electrons. The summed E-state index contributed by atoms with van der Waals surface area (Å²) in [7, 11) is 0. The number of carbonyl (C=O) groups excluding carboxylic acids is 1. The van der Waals surface area contributed by atoms with Crippen LogP contribution in [-0.4, -0.2) is 11.9 Å². The summed E-state index contributed by atoms with van der Waals surface area (Å²) in [5.74, 6) is -0.556. The van der Waals surface area contributed by atoms with Gasteiger partial charge in [0.2, 0.25) is 0 Å². The van der Waals surface area contributed by atoms with Gasteiger partial charge in [-0.05, 0) is 59.5 Å². The molecule has 0 spiro atoms. The molecular weight excluding hydrogens is 333 g/mol. The Kier molecular flexibility index (Phi) is 5.51. The third-order valence-electron chi connectivity index (χ3n) is 3.27. The lowest BCUT2D eigenvalue weighted by Gasteiger charge is -2.14. The molecule has 2 rings (SSSR count). The minimum absolute atomic E-state index is 0.0570. The van der Waals surface area contributed by atoms with Crippen molar-refractivity contribution in [3.05, 3.63) is 69.9 Å². The number of aryl methyl sites for hydroxylation is 1. The van der Waals surface area contributed by atoms with Crippen LogP contribution < -0.4 is 5.32 Å². The Morgan fingerprint density at radius 1 is 1.24 bits per heavy atom. The van der Waals surface area contributed by atoms with Crippen LogP contribution in [0.1, 0.15) is 29.3 Å². The number of nitrogens with one attached hydrogen (secondary N) is 1. The highest BCUT2D eigenvalue weighted by Gasteiger charge is 2.11. The normalized spacial score (nSPS) is 12.0. The lowest BCUT2D eigenvalue weighted by molar-refractivity contribution is 0.0938. The summed E-state index contributed by atoms with van der Waals surface area (Å²) < 4.78 is 13.5. The van der Waals surface area contributed by atoms with Crippen molar-refractivity contribution in [3.63, 3.8) is 0 Å². The summed E-state index contributed by atoms with van der Waals surface area (Å²) in [6, 6.07) is 14.5. The maximum absolute atomic E-state index is 13.2. The fraction of sp³-hybridized carbons (Fsp3) is 0.235. The van der Waals surface area contributed by atoms with Crippen LogP contribution in [0.5, 0.6) is 0 Å². The zero-order valence-corrected chi connectivity index (χ0v) is 13.4. The standard InChI is InChI=1S/C17H17BrFNO/c1-12(7-8-13-5-3-2-4-6-13)20-17(21)14-9-10-16(19)15(18)11-14/h2-6,9-12H,7-8H2,1H3,(H,20,21). The Labute approximate surface area is 132 Å². The van der Waals surface area contributed by atoms with Crippen molar-refractivity contribution in [2.45, 2.75) is 25.8 Å². The van der Waals surface area contributed by atoms with Crippen molar-refractivity contribution in [1.82, 2.24) is 5.32 Å². The van der Waals surface area contributed by atoms with E-state index in [0.717, 1.165) is 12.8 Å². The van der Waals surface area contributed by atoms with Gasteiger partial charge < -0.3 is 5.32 Å². The first kappa shape index (κ1) is 15.7. The lowest BCUT2D eigenvalue weighted by atomic mass is 10.1. The average Bonchev–Trinajstić information content (AvgIpc) is 2.49. The Morgan fingerprint density at radius 2 is 1.95 bits per heavy atom. The van der Waals surface area contributed by atoms with E-state index in [-0.39, 0.29) is 17.8 Å². The molecule has 0 fully saturated rings. The van der Waals surface area contributed by atoms with Gasteiger partial charge in [0, 0.05) is 11.6 Å². The first-order valence-electron chi connectivity index (χ1n) is 6.86. The fourth-order valence-electron chi connectivity index (χ4n) is 2.04. The molecule has 0 saturated carbocycles. The van der Waals surface area contributed by atoms with E-state index in [2.05, 4.69) is 33.4 Å². The quantitative estimate of drug-likeness (QED) is 0.854. The number of hydrogen-bond donors (Lipinski definition) is 1. The van der Waals surface area contributed by atoms with E-state index in [1.54, 1.807) is 0 Å². The van der Waals surface area contributed by atoms with Crippen molar-refractivity contribution < 1.29 is 9.18 Å². The van der Waals surface area contributed by atoms with Crippen LogP contribution in [0.4, 0.5) is 4.39 Å². The molecule has 21 heavy (non-hydrogen) atoms. The van der Waals surface area contributed by atoms with Crippen molar-refractivity contribution in [3.8, 4) is 0 Å². The molecule has 0 aliphatic carbocycles. The van der Waals surface area contributed by atoms with Crippen molar-refractivity contribution in [2.75, 3.05) is 0 Å². The summed E-state index contributed by atoms with van der Waals surface area (Å²) >= 11 is 3.09. The molecule has 0 heterocycles. The van der Waals surface area contributed by atoms with Crippen LogP contribution in [-0.2, 0) is 6.42 Å². The molecule has 0 aliphatic rings. The highest BCUT2D eigenvalue weighted by molar-refractivity contribution is 9.10. The van der Waals surface area contributed by atoms with Gasteiger partial charge in [0.25, 0.3) is 5.91 Å². The van der Waals surface area contributed by atoms with Gasteiger partial charge >= 0.3 is 0 Å². The van der Waals surface area contributed by atoms with E-state index in [1.165, 1.54) is 23.8 Å². The van der Waals surface area contributed by atoms with Crippen LogP contribution in [0.2, 0.25) is 0 Å². The van der Waals surface area contributed by atoms with Gasteiger partial charge in [0.05, 0.1) is 4.47 Å². The van der Waals surface area contributed by atoms with Gasteiger partial charge in [0.1, 0.15) is 5.82 Å². The second-order valence-electron chi connectivity index (χ2n) is 5.03. The maximum atomic E-state index is 13.2. The van der Waals surface area contributed by atoms with Gasteiger partial charge in [-0.3, -0.25) is 4.79 Å². The van der Waals surface area contributed by atoms with Gasteiger partial charge in [-0.2, -0.15) is 0 Å². The topological polar surface area (TPSA) is 29.1 Å². The van der Waals surface area contributed by atoms with E-state index >= 15 is 0 Å². The largest absolute Gasteiger partial charge is 0.350 e. The van der Waals surface area contributed by atoms with Crippen LogP contribution in [0.25, 0.3) is 0 Å². The second-order valence-corrected chi connectivity index (χ2v) is 5.88. The third kappa shape index (κ3) is 4.67. The zero-order valence-electron chi connectivity index (χ0n) is 11.8. The molecule has 1 unspecified atom stereocenters.